The van der Waals surface area contributed by atoms with Crippen molar-refractivity contribution in [2.24, 2.45) is 0 Å². The molecular weight excluding hydrogens is 256 g/mol. The standard InChI is InChI=1S/C15H20N2OS/c1-3-8-16-9-13-11-19-15(17-13)14-7-5-4-6-12(14)10-18-2/h4-7,11,16H,3,8-10H2,1-2H3. The molecule has 1 N–H and O–H groups in total. The molecule has 0 aliphatic rings. The van der Waals surface area contributed by atoms with E-state index in [4.69, 9.17) is 9.72 Å². The predicted molar refractivity (Wildman–Crippen MR) is 80.3 cm³/mol. The third-order valence-electron chi connectivity index (χ3n) is 2.83. The molecule has 102 valence electrons. The van der Waals surface area contributed by atoms with Crippen LogP contribution >= 0.6 is 11.3 Å². The summed E-state index contributed by atoms with van der Waals surface area (Å²) in [4.78, 5) is 4.70. The topological polar surface area (TPSA) is 34.1 Å². The summed E-state index contributed by atoms with van der Waals surface area (Å²) in [5.41, 5.74) is 3.48. The first-order valence-corrected chi connectivity index (χ1v) is 7.45. The summed E-state index contributed by atoms with van der Waals surface area (Å²) >= 11 is 1.69. The van der Waals surface area contributed by atoms with Crippen LogP contribution in [0.2, 0.25) is 0 Å². The average molecular weight is 276 g/mol. The maximum Gasteiger partial charge on any atom is 0.124 e. The van der Waals surface area contributed by atoms with Crippen molar-refractivity contribution in [3.63, 3.8) is 0 Å². The second-order valence-corrected chi connectivity index (χ2v) is 5.27. The van der Waals surface area contributed by atoms with E-state index in [1.54, 1.807) is 18.4 Å². The fraction of sp³-hybridized carbons (Fsp3) is 0.400. The number of ether oxygens (including phenoxy) is 1. The highest BCUT2D eigenvalue weighted by atomic mass is 32.1. The molecule has 4 heteroatoms. The van der Waals surface area contributed by atoms with Crippen LogP contribution in [0.15, 0.2) is 29.6 Å². The van der Waals surface area contributed by atoms with Crippen molar-refractivity contribution >= 4 is 11.3 Å². The summed E-state index contributed by atoms with van der Waals surface area (Å²) in [6, 6.07) is 8.28. The molecule has 0 atom stereocenters. The molecule has 0 fully saturated rings. The normalized spacial score (nSPS) is 10.8. The van der Waals surface area contributed by atoms with E-state index < -0.39 is 0 Å². The molecule has 1 aromatic heterocycles. The lowest BCUT2D eigenvalue weighted by Crippen LogP contribution is -2.13. The highest BCUT2D eigenvalue weighted by Crippen LogP contribution is 2.27. The van der Waals surface area contributed by atoms with Gasteiger partial charge in [0.05, 0.1) is 12.3 Å². The van der Waals surface area contributed by atoms with Crippen molar-refractivity contribution in [2.45, 2.75) is 26.5 Å². The van der Waals surface area contributed by atoms with E-state index in [-0.39, 0.29) is 0 Å². The third kappa shape index (κ3) is 3.86. The van der Waals surface area contributed by atoms with Crippen LogP contribution in [0.25, 0.3) is 10.6 Å². The molecule has 1 aromatic carbocycles. The molecule has 2 rings (SSSR count). The first kappa shape index (κ1) is 14.2. The number of methoxy groups -OCH3 is 1. The van der Waals surface area contributed by atoms with Gasteiger partial charge in [-0.05, 0) is 18.5 Å². The van der Waals surface area contributed by atoms with Crippen LogP contribution in [-0.4, -0.2) is 18.6 Å². The van der Waals surface area contributed by atoms with Gasteiger partial charge in [-0.15, -0.1) is 11.3 Å². The van der Waals surface area contributed by atoms with Crippen molar-refractivity contribution in [3.05, 3.63) is 40.9 Å². The highest BCUT2D eigenvalue weighted by Gasteiger charge is 2.08. The van der Waals surface area contributed by atoms with E-state index in [1.807, 2.05) is 12.1 Å². The first-order valence-electron chi connectivity index (χ1n) is 6.57. The minimum atomic E-state index is 0.624. The number of thiazole rings is 1. The monoisotopic (exact) mass is 276 g/mol. The van der Waals surface area contributed by atoms with Gasteiger partial charge in [-0.1, -0.05) is 31.2 Å². The number of hydrogen-bond acceptors (Lipinski definition) is 4. The molecule has 19 heavy (non-hydrogen) atoms. The second kappa shape index (κ2) is 7.38. The van der Waals surface area contributed by atoms with E-state index >= 15 is 0 Å². The Morgan fingerprint density at radius 1 is 1.32 bits per heavy atom. The van der Waals surface area contributed by atoms with Crippen LogP contribution in [0.4, 0.5) is 0 Å². The molecule has 0 saturated heterocycles. The fourth-order valence-electron chi connectivity index (χ4n) is 1.92. The van der Waals surface area contributed by atoms with Gasteiger partial charge in [-0.3, -0.25) is 0 Å². The number of benzene rings is 1. The van der Waals surface area contributed by atoms with Gasteiger partial charge in [0.25, 0.3) is 0 Å². The SMILES string of the molecule is CCCNCc1csc(-c2ccccc2COC)n1. The third-order valence-corrected chi connectivity index (χ3v) is 3.76. The van der Waals surface area contributed by atoms with Gasteiger partial charge in [0.1, 0.15) is 5.01 Å². The van der Waals surface area contributed by atoms with E-state index in [9.17, 15) is 0 Å². The van der Waals surface area contributed by atoms with Crippen LogP contribution in [0.1, 0.15) is 24.6 Å². The Kier molecular flexibility index (Phi) is 5.51. The van der Waals surface area contributed by atoms with Crippen LogP contribution in [-0.2, 0) is 17.9 Å². The minimum Gasteiger partial charge on any atom is -0.380 e. The number of rotatable bonds is 7. The summed E-state index contributed by atoms with van der Waals surface area (Å²) in [6.07, 6.45) is 1.15. The Morgan fingerprint density at radius 2 is 2.16 bits per heavy atom. The summed E-state index contributed by atoms with van der Waals surface area (Å²) in [6.45, 7) is 4.67. The van der Waals surface area contributed by atoms with Gasteiger partial charge in [0.15, 0.2) is 0 Å². The molecule has 0 aliphatic heterocycles. The second-order valence-electron chi connectivity index (χ2n) is 4.41. The largest absolute Gasteiger partial charge is 0.380 e. The Balaban J connectivity index is 2.13. The maximum atomic E-state index is 5.24. The number of nitrogens with zero attached hydrogens (tertiary/aromatic N) is 1. The summed E-state index contributed by atoms with van der Waals surface area (Å²) in [7, 11) is 1.72. The van der Waals surface area contributed by atoms with Crippen LogP contribution in [0.5, 0.6) is 0 Å². The first-order chi connectivity index (χ1) is 9.35. The van der Waals surface area contributed by atoms with Gasteiger partial charge in [-0.25, -0.2) is 4.98 Å². The molecule has 0 saturated carbocycles. The molecule has 3 nitrogen and oxygen atoms in total. The van der Waals surface area contributed by atoms with E-state index in [1.165, 1.54) is 11.1 Å². The van der Waals surface area contributed by atoms with Gasteiger partial charge in [0.2, 0.25) is 0 Å². The summed E-state index contributed by atoms with van der Waals surface area (Å²) < 4.78 is 5.24. The molecule has 0 radical (unpaired) electrons. The highest BCUT2D eigenvalue weighted by molar-refractivity contribution is 7.13. The van der Waals surface area contributed by atoms with Crippen molar-refractivity contribution in [2.75, 3.05) is 13.7 Å². The molecule has 0 aliphatic carbocycles. The maximum absolute atomic E-state index is 5.24. The molecule has 2 aromatic rings. The molecule has 0 spiro atoms. The Bertz CT molecular complexity index is 510. The van der Waals surface area contributed by atoms with Crippen LogP contribution in [0, 0.1) is 0 Å². The molecule has 0 amide bonds. The lowest BCUT2D eigenvalue weighted by atomic mass is 10.1. The summed E-state index contributed by atoms with van der Waals surface area (Å²) in [5, 5.41) is 6.57. The lowest BCUT2D eigenvalue weighted by molar-refractivity contribution is 0.185. The zero-order valence-corrected chi connectivity index (χ0v) is 12.3. The molecular formula is C15H20N2OS. The van der Waals surface area contributed by atoms with Crippen molar-refractivity contribution in [3.8, 4) is 10.6 Å². The van der Waals surface area contributed by atoms with Crippen molar-refractivity contribution in [1.29, 1.82) is 0 Å². The summed E-state index contributed by atoms with van der Waals surface area (Å²) in [5.74, 6) is 0. The van der Waals surface area contributed by atoms with Crippen LogP contribution < -0.4 is 5.32 Å². The van der Waals surface area contributed by atoms with E-state index in [0.29, 0.717) is 6.61 Å². The van der Waals surface area contributed by atoms with Gasteiger partial charge >= 0.3 is 0 Å². The Labute approximate surface area is 118 Å². The van der Waals surface area contributed by atoms with Gasteiger partial charge < -0.3 is 10.1 Å². The van der Waals surface area contributed by atoms with Crippen molar-refractivity contribution < 1.29 is 4.74 Å². The zero-order chi connectivity index (χ0) is 13.5. The zero-order valence-electron chi connectivity index (χ0n) is 11.5. The average Bonchev–Trinajstić information content (AvgIpc) is 2.89. The lowest BCUT2D eigenvalue weighted by Gasteiger charge is -2.05. The van der Waals surface area contributed by atoms with E-state index in [2.05, 4.69) is 29.8 Å². The Hall–Kier alpha value is -1.23. The smallest absolute Gasteiger partial charge is 0.124 e. The van der Waals surface area contributed by atoms with Crippen molar-refractivity contribution in [1.82, 2.24) is 10.3 Å². The van der Waals surface area contributed by atoms with Crippen LogP contribution in [0.3, 0.4) is 0 Å². The van der Waals surface area contributed by atoms with Gasteiger partial charge in [-0.2, -0.15) is 0 Å². The predicted octanol–water partition coefficient (Wildman–Crippen LogP) is 3.46. The van der Waals surface area contributed by atoms with E-state index in [0.717, 1.165) is 30.2 Å². The minimum absolute atomic E-state index is 0.624. The Morgan fingerprint density at radius 3 is 2.95 bits per heavy atom. The number of hydrogen-bond donors (Lipinski definition) is 1. The molecule has 0 bridgehead atoms. The molecule has 0 unspecified atom stereocenters. The fourth-order valence-corrected chi connectivity index (χ4v) is 2.80. The van der Waals surface area contributed by atoms with Gasteiger partial charge in [0, 0.05) is 24.6 Å². The molecule has 1 heterocycles. The number of nitrogens with one attached hydrogen (secondary N) is 1. The number of aromatic nitrogens is 1. The quantitative estimate of drug-likeness (QED) is 0.786.